The van der Waals surface area contributed by atoms with Crippen LogP contribution in [0.2, 0.25) is 5.02 Å². The molecular weight excluding hydrogens is 427 g/mol. The number of hydrogen-bond donors (Lipinski definition) is 1. The Morgan fingerprint density at radius 2 is 1.94 bits per heavy atom. The number of halogens is 2. The van der Waals surface area contributed by atoms with Crippen LogP contribution < -0.4 is 14.8 Å². The third-order valence-electron chi connectivity index (χ3n) is 4.25. The van der Waals surface area contributed by atoms with Crippen LogP contribution in [-0.4, -0.2) is 43.5 Å². The maximum atomic E-state index is 14.4. The SMILES string of the molecule is CNC(=O)C(=NOC)c1ccccc1OC1=CC(Oc2cccc(Cl)c2C)=NCN1F. The van der Waals surface area contributed by atoms with Crippen molar-refractivity contribution < 1.29 is 23.6 Å². The molecule has 0 saturated carbocycles. The van der Waals surface area contributed by atoms with Gasteiger partial charge in [-0.05, 0) is 31.2 Å². The zero-order valence-corrected chi connectivity index (χ0v) is 17.8. The first kappa shape index (κ1) is 22.1. The molecule has 31 heavy (non-hydrogen) atoms. The molecule has 2 aromatic rings. The first-order valence-corrected chi connectivity index (χ1v) is 9.55. The summed E-state index contributed by atoms with van der Waals surface area (Å²) in [6.45, 7) is 1.47. The quantitative estimate of drug-likeness (QED) is 0.416. The Balaban J connectivity index is 1.90. The molecule has 0 aromatic heterocycles. The topological polar surface area (TPSA) is 84.8 Å². The molecule has 1 amide bonds. The lowest BCUT2D eigenvalue weighted by Crippen LogP contribution is -2.30. The van der Waals surface area contributed by atoms with Gasteiger partial charge in [0.05, 0.1) is 11.6 Å². The maximum Gasteiger partial charge on any atom is 0.273 e. The minimum absolute atomic E-state index is 0.0258. The number of benzene rings is 2. The smallest absolute Gasteiger partial charge is 0.273 e. The monoisotopic (exact) mass is 446 g/mol. The number of nitrogens with one attached hydrogen (secondary N) is 1. The largest absolute Gasteiger partial charge is 0.439 e. The average molecular weight is 447 g/mol. The number of carbonyl (C=O) groups excluding carboxylic acids is 1. The molecule has 162 valence electrons. The minimum atomic E-state index is -0.491. The molecule has 0 unspecified atom stereocenters. The van der Waals surface area contributed by atoms with Gasteiger partial charge >= 0.3 is 0 Å². The van der Waals surface area contributed by atoms with Gasteiger partial charge in [0.25, 0.3) is 5.91 Å². The van der Waals surface area contributed by atoms with Crippen molar-refractivity contribution in [1.82, 2.24) is 10.4 Å². The van der Waals surface area contributed by atoms with Crippen LogP contribution in [-0.2, 0) is 9.63 Å². The Hall–Kier alpha value is -3.59. The van der Waals surface area contributed by atoms with E-state index in [4.69, 9.17) is 25.9 Å². The lowest BCUT2D eigenvalue weighted by Gasteiger charge is -2.22. The van der Waals surface area contributed by atoms with Crippen LogP contribution in [0, 0.1) is 6.92 Å². The number of oxime groups is 1. The van der Waals surface area contributed by atoms with E-state index >= 15 is 0 Å². The van der Waals surface area contributed by atoms with Gasteiger partial charge in [-0.3, -0.25) is 4.79 Å². The summed E-state index contributed by atoms with van der Waals surface area (Å²) in [5, 5.41) is 7.09. The van der Waals surface area contributed by atoms with Crippen molar-refractivity contribution in [2.45, 2.75) is 6.92 Å². The maximum absolute atomic E-state index is 14.4. The highest BCUT2D eigenvalue weighted by molar-refractivity contribution is 6.45. The van der Waals surface area contributed by atoms with Gasteiger partial charge < -0.3 is 19.6 Å². The number of carbonyl (C=O) groups is 1. The Morgan fingerprint density at radius 3 is 2.68 bits per heavy atom. The van der Waals surface area contributed by atoms with Crippen LogP contribution in [0.5, 0.6) is 11.5 Å². The molecule has 0 atom stereocenters. The van der Waals surface area contributed by atoms with Gasteiger partial charge in [0.2, 0.25) is 11.8 Å². The van der Waals surface area contributed by atoms with Gasteiger partial charge in [-0.2, -0.15) is 5.12 Å². The summed E-state index contributed by atoms with van der Waals surface area (Å²) < 4.78 is 25.9. The highest BCUT2D eigenvalue weighted by Gasteiger charge is 2.23. The zero-order chi connectivity index (χ0) is 22.4. The van der Waals surface area contributed by atoms with E-state index in [-0.39, 0.29) is 29.9 Å². The lowest BCUT2D eigenvalue weighted by molar-refractivity contribution is -0.114. The number of para-hydroxylation sites is 1. The van der Waals surface area contributed by atoms with Crippen molar-refractivity contribution in [3.8, 4) is 11.5 Å². The van der Waals surface area contributed by atoms with Gasteiger partial charge in [-0.25, -0.2) is 4.99 Å². The normalized spacial score (nSPS) is 13.8. The van der Waals surface area contributed by atoms with Crippen LogP contribution in [0.15, 0.2) is 64.6 Å². The molecule has 0 aliphatic carbocycles. The molecule has 1 heterocycles. The summed E-state index contributed by atoms with van der Waals surface area (Å²) in [6, 6.07) is 11.8. The van der Waals surface area contributed by atoms with Crippen molar-refractivity contribution in [2.24, 2.45) is 10.1 Å². The molecule has 0 radical (unpaired) electrons. The number of ether oxygens (including phenoxy) is 2. The second kappa shape index (κ2) is 9.94. The van der Waals surface area contributed by atoms with Gasteiger partial charge in [-0.15, -0.1) is 0 Å². The van der Waals surface area contributed by atoms with Crippen LogP contribution in [0.3, 0.4) is 0 Å². The van der Waals surface area contributed by atoms with Gasteiger partial charge in [0.15, 0.2) is 5.71 Å². The number of hydrogen-bond acceptors (Lipinski definition) is 7. The van der Waals surface area contributed by atoms with Gasteiger partial charge in [-0.1, -0.05) is 39.4 Å². The van der Waals surface area contributed by atoms with Gasteiger partial charge in [0, 0.05) is 17.6 Å². The summed E-state index contributed by atoms with van der Waals surface area (Å²) in [7, 11) is 2.78. The van der Waals surface area contributed by atoms with Crippen molar-refractivity contribution in [3.63, 3.8) is 0 Å². The second-order valence-corrected chi connectivity index (χ2v) is 6.65. The fourth-order valence-corrected chi connectivity index (χ4v) is 2.83. The molecule has 0 spiro atoms. The summed E-state index contributed by atoms with van der Waals surface area (Å²) in [4.78, 5) is 21.0. The van der Waals surface area contributed by atoms with Gasteiger partial charge in [0.1, 0.15) is 25.3 Å². The van der Waals surface area contributed by atoms with E-state index in [9.17, 15) is 9.28 Å². The molecule has 3 rings (SSSR count). The van der Waals surface area contributed by atoms with Crippen LogP contribution >= 0.6 is 11.6 Å². The minimum Gasteiger partial charge on any atom is -0.439 e. The summed E-state index contributed by atoms with van der Waals surface area (Å²) in [5.74, 6) is 0.156. The molecular formula is C21H20ClFN4O4. The Labute approximate surface area is 183 Å². The number of likely N-dealkylation sites (N-methyl/N-ethyl adjacent to an activating group) is 1. The van der Waals surface area contributed by atoms with E-state index in [2.05, 4.69) is 15.5 Å². The van der Waals surface area contributed by atoms with Crippen LogP contribution in [0.4, 0.5) is 4.48 Å². The van der Waals surface area contributed by atoms with E-state index in [1.165, 1.54) is 20.2 Å². The third-order valence-corrected chi connectivity index (χ3v) is 4.66. The number of nitrogens with zero attached hydrogens (tertiary/aromatic N) is 3. The van der Waals surface area contributed by atoms with Crippen LogP contribution in [0.1, 0.15) is 11.1 Å². The van der Waals surface area contributed by atoms with Crippen molar-refractivity contribution in [3.05, 3.63) is 70.6 Å². The summed E-state index contributed by atoms with van der Waals surface area (Å²) in [5.41, 5.74) is 1.01. The van der Waals surface area contributed by atoms with Crippen LogP contribution in [0.25, 0.3) is 0 Å². The molecule has 0 fully saturated rings. The molecule has 2 aromatic carbocycles. The summed E-state index contributed by atoms with van der Waals surface area (Å²) in [6.07, 6.45) is 1.30. The standard InChI is InChI=1S/C21H20ClFN4O4/c1-13-15(22)8-6-10-16(13)30-18-11-19(27(23)12-25-18)31-17-9-5-4-7-14(17)20(26-29-3)21(28)24-2/h4-11H,12H2,1-3H3,(H,24,28). The molecule has 1 aliphatic heterocycles. The fourth-order valence-electron chi connectivity index (χ4n) is 2.66. The highest BCUT2D eigenvalue weighted by atomic mass is 35.5. The third kappa shape index (κ3) is 5.13. The fraction of sp³-hybridized carbons (Fsp3) is 0.190. The predicted molar refractivity (Wildman–Crippen MR) is 115 cm³/mol. The number of amides is 1. The molecule has 10 heteroatoms. The van der Waals surface area contributed by atoms with E-state index in [1.54, 1.807) is 49.4 Å². The molecule has 1 N–H and O–H groups in total. The summed E-state index contributed by atoms with van der Waals surface area (Å²) >= 11 is 6.12. The van der Waals surface area contributed by atoms with Crippen molar-refractivity contribution in [2.75, 3.05) is 20.8 Å². The highest BCUT2D eigenvalue weighted by Crippen LogP contribution is 2.27. The lowest BCUT2D eigenvalue weighted by atomic mass is 10.1. The van der Waals surface area contributed by atoms with Crippen molar-refractivity contribution in [1.29, 1.82) is 0 Å². The molecule has 1 aliphatic rings. The zero-order valence-electron chi connectivity index (χ0n) is 17.1. The molecule has 8 nitrogen and oxygen atoms in total. The molecule has 0 saturated heterocycles. The van der Waals surface area contributed by atoms with E-state index in [1.807, 2.05) is 0 Å². The van der Waals surface area contributed by atoms with E-state index in [0.717, 1.165) is 5.56 Å². The Kier molecular flexibility index (Phi) is 7.09. The van der Waals surface area contributed by atoms with E-state index < -0.39 is 5.91 Å². The van der Waals surface area contributed by atoms with Crippen molar-refractivity contribution >= 4 is 29.1 Å². The Morgan fingerprint density at radius 1 is 1.19 bits per heavy atom. The Bertz CT molecular complexity index is 1070. The first-order valence-electron chi connectivity index (χ1n) is 9.17. The first-order chi connectivity index (χ1) is 14.9. The molecule has 0 bridgehead atoms. The predicted octanol–water partition coefficient (Wildman–Crippen LogP) is 3.60. The average Bonchev–Trinajstić information content (AvgIpc) is 2.77. The van der Waals surface area contributed by atoms with E-state index in [0.29, 0.717) is 21.5 Å². The second-order valence-electron chi connectivity index (χ2n) is 6.25. The number of aliphatic imine (C=N–C) groups is 1. The number of rotatable bonds is 6.